The Kier molecular flexibility index (Phi) is 5.51. The topological polar surface area (TPSA) is 32.3 Å². The highest BCUT2D eigenvalue weighted by Gasteiger charge is 2.15. The standard InChI is InChI=1S/C12H24N2O/c1-3-14(4-2)12(15)13-10-9-11-7-5-6-8-11/h11H,3-10H2,1-2H3,(H,13,15). The maximum atomic E-state index is 11.6. The molecule has 1 aliphatic carbocycles. The summed E-state index contributed by atoms with van der Waals surface area (Å²) in [6, 6.07) is 0.0954. The molecule has 15 heavy (non-hydrogen) atoms. The van der Waals surface area contributed by atoms with Gasteiger partial charge in [-0.3, -0.25) is 0 Å². The van der Waals surface area contributed by atoms with E-state index >= 15 is 0 Å². The Bertz CT molecular complexity index is 184. The molecule has 3 heteroatoms. The molecular weight excluding hydrogens is 188 g/mol. The van der Waals surface area contributed by atoms with Crippen molar-refractivity contribution < 1.29 is 4.79 Å². The molecule has 0 aromatic carbocycles. The summed E-state index contributed by atoms with van der Waals surface area (Å²) < 4.78 is 0. The lowest BCUT2D eigenvalue weighted by Gasteiger charge is -2.19. The second-order valence-electron chi connectivity index (χ2n) is 4.34. The molecule has 1 fully saturated rings. The normalized spacial score (nSPS) is 16.7. The molecule has 88 valence electrons. The van der Waals surface area contributed by atoms with E-state index in [1.165, 1.54) is 25.7 Å². The van der Waals surface area contributed by atoms with E-state index in [4.69, 9.17) is 0 Å². The van der Waals surface area contributed by atoms with Gasteiger partial charge in [0.2, 0.25) is 0 Å². The highest BCUT2D eigenvalue weighted by molar-refractivity contribution is 5.73. The summed E-state index contributed by atoms with van der Waals surface area (Å²) in [5.41, 5.74) is 0. The van der Waals surface area contributed by atoms with E-state index < -0.39 is 0 Å². The average molecular weight is 212 g/mol. The monoisotopic (exact) mass is 212 g/mol. The maximum absolute atomic E-state index is 11.6. The number of nitrogens with zero attached hydrogens (tertiary/aromatic N) is 1. The van der Waals surface area contributed by atoms with Gasteiger partial charge in [-0.15, -0.1) is 0 Å². The minimum atomic E-state index is 0.0954. The number of amides is 2. The molecule has 1 rings (SSSR count). The first-order chi connectivity index (χ1) is 7.27. The fourth-order valence-electron chi connectivity index (χ4n) is 2.30. The molecule has 0 heterocycles. The molecule has 0 atom stereocenters. The third kappa shape index (κ3) is 4.10. The highest BCUT2D eigenvalue weighted by atomic mass is 16.2. The molecule has 1 N–H and O–H groups in total. The van der Waals surface area contributed by atoms with Crippen LogP contribution in [0.2, 0.25) is 0 Å². The summed E-state index contributed by atoms with van der Waals surface area (Å²) in [5, 5.41) is 3.00. The smallest absolute Gasteiger partial charge is 0.317 e. The minimum absolute atomic E-state index is 0.0954. The van der Waals surface area contributed by atoms with Crippen LogP contribution in [0.5, 0.6) is 0 Å². The average Bonchev–Trinajstić information content (AvgIpc) is 2.72. The molecule has 3 nitrogen and oxygen atoms in total. The van der Waals surface area contributed by atoms with Gasteiger partial charge in [-0.1, -0.05) is 25.7 Å². The van der Waals surface area contributed by atoms with Crippen molar-refractivity contribution in [2.75, 3.05) is 19.6 Å². The number of hydrogen-bond acceptors (Lipinski definition) is 1. The van der Waals surface area contributed by atoms with Crippen molar-refractivity contribution in [3.8, 4) is 0 Å². The minimum Gasteiger partial charge on any atom is -0.338 e. The molecule has 0 spiro atoms. The van der Waals surface area contributed by atoms with Gasteiger partial charge in [0.25, 0.3) is 0 Å². The number of hydrogen-bond donors (Lipinski definition) is 1. The predicted molar refractivity (Wildman–Crippen MR) is 62.9 cm³/mol. The fourth-order valence-corrected chi connectivity index (χ4v) is 2.30. The summed E-state index contributed by atoms with van der Waals surface area (Å²) in [4.78, 5) is 13.4. The van der Waals surface area contributed by atoms with E-state index in [1.807, 2.05) is 18.7 Å². The third-order valence-electron chi connectivity index (χ3n) is 3.35. The number of rotatable bonds is 5. The number of carbonyl (C=O) groups is 1. The SMILES string of the molecule is CCN(CC)C(=O)NCCC1CCCC1. The van der Waals surface area contributed by atoms with Crippen LogP contribution in [-0.4, -0.2) is 30.6 Å². The Hall–Kier alpha value is -0.730. The van der Waals surface area contributed by atoms with Crippen molar-refractivity contribution in [1.82, 2.24) is 10.2 Å². The van der Waals surface area contributed by atoms with Gasteiger partial charge in [-0.05, 0) is 26.2 Å². The van der Waals surface area contributed by atoms with Crippen molar-refractivity contribution >= 4 is 6.03 Å². The van der Waals surface area contributed by atoms with Crippen LogP contribution in [0.4, 0.5) is 4.79 Å². The Morgan fingerprint density at radius 3 is 2.40 bits per heavy atom. The van der Waals surface area contributed by atoms with E-state index in [-0.39, 0.29) is 6.03 Å². The van der Waals surface area contributed by atoms with Crippen LogP contribution < -0.4 is 5.32 Å². The lowest BCUT2D eigenvalue weighted by molar-refractivity contribution is 0.202. The molecule has 0 aromatic rings. The van der Waals surface area contributed by atoms with Crippen LogP contribution in [-0.2, 0) is 0 Å². The molecule has 1 aliphatic rings. The second-order valence-corrected chi connectivity index (χ2v) is 4.34. The molecule has 0 radical (unpaired) electrons. The van der Waals surface area contributed by atoms with Gasteiger partial charge in [-0.25, -0.2) is 4.79 Å². The molecule has 2 amide bonds. The van der Waals surface area contributed by atoms with E-state index in [0.717, 1.165) is 32.0 Å². The zero-order valence-corrected chi connectivity index (χ0v) is 10.1. The fraction of sp³-hybridized carbons (Fsp3) is 0.917. The number of urea groups is 1. The van der Waals surface area contributed by atoms with Crippen molar-refractivity contribution in [1.29, 1.82) is 0 Å². The van der Waals surface area contributed by atoms with E-state index in [0.29, 0.717) is 0 Å². The van der Waals surface area contributed by atoms with Crippen LogP contribution in [0, 0.1) is 5.92 Å². The summed E-state index contributed by atoms with van der Waals surface area (Å²) in [7, 11) is 0. The summed E-state index contributed by atoms with van der Waals surface area (Å²) >= 11 is 0. The lowest BCUT2D eigenvalue weighted by Crippen LogP contribution is -2.40. The van der Waals surface area contributed by atoms with Crippen molar-refractivity contribution in [2.45, 2.75) is 46.0 Å². The van der Waals surface area contributed by atoms with Crippen molar-refractivity contribution in [3.05, 3.63) is 0 Å². The van der Waals surface area contributed by atoms with Crippen LogP contribution in [0.3, 0.4) is 0 Å². The van der Waals surface area contributed by atoms with Gasteiger partial charge in [0.1, 0.15) is 0 Å². The number of nitrogens with one attached hydrogen (secondary N) is 1. The predicted octanol–water partition coefficient (Wildman–Crippen LogP) is 2.62. The van der Waals surface area contributed by atoms with Gasteiger partial charge in [0, 0.05) is 19.6 Å². The van der Waals surface area contributed by atoms with Crippen LogP contribution in [0.1, 0.15) is 46.0 Å². The van der Waals surface area contributed by atoms with Crippen molar-refractivity contribution in [3.63, 3.8) is 0 Å². The maximum Gasteiger partial charge on any atom is 0.317 e. The zero-order valence-electron chi connectivity index (χ0n) is 10.1. The highest BCUT2D eigenvalue weighted by Crippen LogP contribution is 2.26. The Balaban J connectivity index is 2.10. The number of carbonyl (C=O) groups excluding carboxylic acids is 1. The van der Waals surface area contributed by atoms with Crippen LogP contribution >= 0.6 is 0 Å². The summed E-state index contributed by atoms with van der Waals surface area (Å²) in [6.45, 7) is 6.47. The first-order valence-electron chi connectivity index (χ1n) is 6.30. The van der Waals surface area contributed by atoms with E-state index in [2.05, 4.69) is 5.32 Å². The molecule has 0 aromatic heterocycles. The largest absolute Gasteiger partial charge is 0.338 e. The Morgan fingerprint density at radius 1 is 1.27 bits per heavy atom. The third-order valence-corrected chi connectivity index (χ3v) is 3.35. The molecule has 0 bridgehead atoms. The summed E-state index contributed by atoms with van der Waals surface area (Å²) in [5.74, 6) is 0.863. The Morgan fingerprint density at radius 2 is 1.87 bits per heavy atom. The first-order valence-corrected chi connectivity index (χ1v) is 6.30. The van der Waals surface area contributed by atoms with Gasteiger partial charge in [-0.2, -0.15) is 0 Å². The van der Waals surface area contributed by atoms with Gasteiger partial charge < -0.3 is 10.2 Å². The second kappa shape index (κ2) is 6.70. The van der Waals surface area contributed by atoms with E-state index in [1.54, 1.807) is 0 Å². The first kappa shape index (κ1) is 12.3. The zero-order chi connectivity index (χ0) is 11.1. The molecular formula is C12H24N2O. The van der Waals surface area contributed by atoms with Gasteiger partial charge in [0.05, 0.1) is 0 Å². The van der Waals surface area contributed by atoms with Crippen molar-refractivity contribution in [2.24, 2.45) is 5.92 Å². The summed E-state index contributed by atoms with van der Waals surface area (Å²) in [6.07, 6.45) is 6.65. The van der Waals surface area contributed by atoms with Gasteiger partial charge >= 0.3 is 6.03 Å². The molecule has 0 saturated heterocycles. The van der Waals surface area contributed by atoms with E-state index in [9.17, 15) is 4.79 Å². The molecule has 0 aliphatic heterocycles. The lowest BCUT2D eigenvalue weighted by atomic mass is 10.0. The Labute approximate surface area is 93.2 Å². The van der Waals surface area contributed by atoms with Crippen LogP contribution in [0.15, 0.2) is 0 Å². The molecule has 1 saturated carbocycles. The molecule has 0 unspecified atom stereocenters. The van der Waals surface area contributed by atoms with Gasteiger partial charge in [0.15, 0.2) is 0 Å². The quantitative estimate of drug-likeness (QED) is 0.746. The van der Waals surface area contributed by atoms with Crippen LogP contribution in [0.25, 0.3) is 0 Å².